The molecular weight excluding hydrogens is 485 g/mol. The topological polar surface area (TPSA) is 67.9 Å². The van der Waals surface area contributed by atoms with E-state index in [2.05, 4.69) is 5.32 Å². The first kappa shape index (κ1) is 25.6. The number of alkyl halides is 3. The molecule has 2 atom stereocenters. The number of piperidine rings is 2. The maximum atomic E-state index is 14.5. The largest absolute Gasteiger partial charge is 0.490 e. The second-order valence-electron chi connectivity index (χ2n) is 10.3. The molecule has 1 spiro atoms. The molecule has 0 bridgehead atoms. The normalized spacial score (nSPS) is 23.3. The highest BCUT2D eigenvalue weighted by atomic mass is 19.4. The van der Waals surface area contributed by atoms with Crippen LogP contribution in [-0.4, -0.2) is 55.7 Å². The van der Waals surface area contributed by atoms with Crippen molar-refractivity contribution in [2.45, 2.75) is 55.9 Å². The lowest BCUT2D eigenvalue weighted by atomic mass is 9.62. The van der Waals surface area contributed by atoms with E-state index in [1.165, 1.54) is 29.2 Å². The van der Waals surface area contributed by atoms with Crippen molar-refractivity contribution in [2.24, 2.45) is 5.41 Å². The Bertz CT molecular complexity index is 1140. The van der Waals surface area contributed by atoms with E-state index in [1.54, 1.807) is 6.07 Å². The third-order valence-electron chi connectivity index (χ3n) is 8.10. The zero-order chi connectivity index (χ0) is 26.3. The van der Waals surface area contributed by atoms with Gasteiger partial charge in [-0.3, -0.25) is 9.59 Å². The number of para-hydroxylation sites is 1. The van der Waals surface area contributed by atoms with Crippen LogP contribution < -0.4 is 10.1 Å². The summed E-state index contributed by atoms with van der Waals surface area (Å²) in [5.41, 5.74) is -2.83. The summed E-state index contributed by atoms with van der Waals surface area (Å²) in [6, 6.07) is 14.8. The zero-order valence-electron chi connectivity index (χ0n) is 20.7. The Balaban J connectivity index is 1.42. The van der Waals surface area contributed by atoms with Crippen molar-refractivity contribution in [3.8, 4) is 5.75 Å². The summed E-state index contributed by atoms with van der Waals surface area (Å²) in [7, 11) is 0.919. The molecule has 1 aliphatic carbocycles. The lowest BCUT2D eigenvalue weighted by Gasteiger charge is -2.50. The van der Waals surface area contributed by atoms with Crippen molar-refractivity contribution in [3.63, 3.8) is 0 Å². The maximum absolute atomic E-state index is 14.5. The number of rotatable bonds is 6. The molecule has 3 fully saturated rings. The monoisotopic (exact) mass is 516 g/mol. The minimum absolute atomic E-state index is 0.0682. The minimum Gasteiger partial charge on any atom is -0.490 e. The van der Waals surface area contributed by atoms with Gasteiger partial charge in [-0.2, -0.15) is 13.2 Å². The molecule has 37 heavy (non-hydrogen) atoms. The Morgan fingerprint density at radius 2 is 1.68 bits per heavy atom. The summed E-state index contributed by atoms with van der Waals surface area (Å²) in [6.07, 6.45) is -1.66. The summed E-state index contributed by atoms with van der Waals surface area (Å²) in [5.74, 6) is -0.481. The number of nitrogens with zero attached hydrogens (tertiary/aromatic N) is 1. The fourth-order valence-electron chi connectivity index (χ4n) is 5.92. The molecule has 2 amide bonds. The number of carbonyl (C=O) groups excluding carboxylic acids is 2. The van der Waals surface area contributed by atoms with Crippen LogP contribution in [0.5, 0.6) is 5.75 Å². The van der Waals surface area contributed by atoms with Gasteiger partial charge in [0.25, 0.3) is 11.5 Å². The fraction of sp³-hybridized carbons (Fsp3) is 0.500. The number of hydrogen-bond donors (Lipinski definition) is 1. The van der Waals surface area contributed by atoms with Crippen LogP contribution in [-0.2, 0) is 19.9 Å². The molecule has 9 heteroatoms. The van der Waals surface area contributed by atoms with Gasteiger partial charge < -0.3 is 19.7 Å². The number of amides is 2. The van der Waals surface area contributed by atoms with E-state index in [0.29, 0.717) is 19.4 Å². The first-order valence-electron chi connectivity index (χ1n) is 12.7. The van der Waals surface area contributed by atoms with Crippen LogP contribution in [0.1, 0.15) is 49.1 Å². The van der Waals surface area contributed by atoms with Crippen LogP contribution in [0.3, 0.4) is 0 Å². The average molecular weight is 517 g/mol. The van der Waals surface area contributed by atoms with Gasteiger partial charge in [0, 0.05) is 44.6 Å². The number of ether oxygens (including phenoxy) is 2. The van der Waals surface area contributed by atoms with Gasteiger partial charge in [-0.25, -0.2) is 0 Å². The summed E-state index contributed by atoms with van der Waals surface area (Å²) in [5, 5.41) is 2.96. The molecule has 0 aromatic heterocycles. The highest BCUT2D eigenvalue weighted by Crippen LogP contribution is 2.52. The van der Waals surface area contributed by atoms with Gasteiger partial charge in [0.05, 0.1) is 6.10 Å². The quantitative estimate of drug-likeness (QED) is 0.612. The second-order valence-corrected chi connectivity index (χ2v) is 10.3. The van der Waals surface area contributed by atoms with Crippen LogP contribution in [0.2, 0.25) is 0 Å². The van der Waals surface area contributed by atoms with Crippen molar-refractivity contribution in [2.75, 3.05) is 26.7 Å². The predicted molar refractivity (Wildman–Crippen MR) is 130 cm³/mol. The highest BCUT2D eigenvalue weighted by Gasteiger charge is 2.64. The molecule has 1 unspecified atom stereocenters. The third-order valence-corrected chi connectivity index (χ3v) is 8.10. The molecule has 6 nitrogen and oxygen atoms in total. The number of hydrogen-bond acceptors (Lipinski definition) is 4. The summed E-state index contributed by atoms with van der Waals surface area (Å²) >= 11 is 0. The van der Waals surface area contributed by atoms with Crippen LogP contribution in [0, 0.1) is 5.41 Å². The molecule has 2 aromatic carbocycles. The molecule has 1 N–H and O–H groups in total. The Labute approximate surface area is 214 Å². The Kier molecular flexibility index (Phi) is 6.68. The van der Waals surface area contributed by atoms with E-state index in [0.717, 1.165) is 31.3 Å². The zero-order valence-corrected chi connectivity index (χ0v) is 20.7. The van der Waals surface area contributed by atoms with E-state index in [-0.39, 0.29) is 43.0 Å². The van der Waals surface area contributed by atoms with E-state index in [4.69, 9.17) is 9.47 Å². The first-order valence-corrected chi connectivity index (χ1v) is 12.7. The molecule has 3 aliphatic rings. The average Bonchev–Trinajstić information content (AvgIpc) is 3.70. The van der Waals surface area contributed by atoms with E-state index >= 15 is 0 Å². The van der Waals surface area contributed by atoms with E-state index in [9.17, 15) is 22.8 Å². The summed E-state index contributed by atoms with van der Waals surface area (Å²) in [6.45, 7) is 0.622. The van der Waals surface area contributed by atoms with Gasteiger partial charge in [-0.1, -0.05) is 48.5 Å². The Morgan fingerprint density at radius 1 is 1.03 bits per heavy atom. The Hall–Kier alpha value is -3.07. The molecule has 2 saturated heterocycles. The Morgan fingerprint density at radius 3 is 2.30 bits per heavy atom. The number of methoxy groups -OCH3 is 1. The number of likely N-dealkylation sites (tertiary alicyclic amines) is 1. The molecule has 0 radical (unpaired) electrons. The lowest BCUT2D eigenvalue weighted by molar-refractivity contribution is -0.271. The van der Waals surface area contributed by atoms with Crippen molar-refractivity contribution < 1.29 is 32.2 Å². The fourth-order valence-corrected chi connectivity index (χ4v) is 5.92. The standard InChI is InChI=1S/C28H31F3N2O4/c1-36-27(28(29,30)31,19-7-3-2-4-8-19)25(35)33-15-13-26(14-16-33)17-24(34)32-18-22(26)21-9-5-6-10-23(21)37-20-11-12-20/h2-10,20,22H,11-18H2,1H3,(H,32,34)/t22?,27-/m1/s1. The first-order chi connectivity index (χ1) is 17.7. The smallest absolute Gasteiger partial charge is 0.430 e. The SMILES string of the molecule is CO[C@@](C(=O)N1CCC2(CC1)CC(=O)NCC2c1ccccc1OC1CC1)(c1ccccc1)C(F)(F)F. The van der Waals surface area contributed by atoms with E-state index in [1.807, 2.05) is 24.3 Å². The molecule has 5 rings (SSSR count). The number of benzene rings is 2. The number of carbonyl (C=O) groups is 2. The van der Waals surface area contributed by atoms with Gasteiger partial charge >= 0.3 is 6.18 Å². The van der Waals surface area contributed by atoms with Crippen molar-refractivity contribution >= 4 is 11.8 Å². The van der Waals surface area contributed by atoms with E-state index < -0.39 is 23.1 Å². The lowest BCUT2D eigenvalue weighted by Crippen LogP contribution is -2.60. The summed E-state index contributed by atoms with van der Waals surface area (Å²) in [4.78, 5) is 27.3. The van der Waals surface area contributed by atoms with Crippen molar-refractivity contribution in [1.29, 1.82) is 0 Å². The highest BCUT2D eigenvalue weighted by molar-refractivity contribution is 5.88. The van der Waals surface area contributed by atoms with Crippen LogP contribution in [0.25, 0.3) is 0 Å². The van der Waals surface area contributed by atoms with Crippen molar-refractivity contribution in [1.82, 2.24) is 10.2 Å². The minimum atomic E-state index is -4.96. The molecule has 2 aromatic rings. The molecular formula is C28H31F3N2O4. The van der Waals surface area contributed by atoms with Gasteiger partial charge in [0.1, 0.15) is 5.75 Å². The van der Waals surface area contributed by atoms with Gasteiger partial charge in [0.15, 0.2) is 0 Å². The number of halogens is 3. The van der Waals surface area contributed by atoms with Gasteiger partial charge in [-0.15, -0.1) is 0 Å². The van der Waals surface area contributed by atoms with Gasteiger partial charge in [-0.05, 0) is 42.7 Å². The summed E-state index contributed by atoms with van der Waals surface area (Å²) < 4.78 is 54.6. The second kappa shape index (κ2) is 9.67. The molecule has 2 aliphatic heterocycles. The molecule has 1 saturated carbocycles. The van der Waals surface area contributed by atoms with Crippen LogP contribution in [0.4, 0.5) is 13.2 Å². The predicted octanol–water partition coefficient (Wildman–Crippen LogP) is 4.54. The maximum Gasteiger partial charge on any atom is 0.430 e. The van der Waals surface area contributed by atoms with Crippen LogP contribution in [0.15, 0.2) is 54.6 Å². The third kappa shape index (κ3) is 4.58. The van der Waals surface area contributed by atoms with Crippen molar-refractivity contribution in [3.05, 3.63) is 65.7 Å². The number of nitrogens with one attached hydrogen (secondary N) is 1. The van der Waals surface area contributed by atoms with Gasteiger partial charge in [0.2, 0.25) is 5.91 Å². The molecule has 198 valence electrons. The molecule has 2 heterocycles. The van der Waals surface area contributed by atoms with Crippen LogP contribution >= 0.6 is 0 Å².